The van der Waals surface area contributed by atoms with Crippen LogP contribution in [0.15, 0.2) is 54.9 Å². The number of fused-ring (bicyclic) bond motifs is 2. The molecule has 0 radical (unpaired) electrons. The maximum absolute atomic E-state index is 13.7. The second-order valence-corrected chi connectivity index (χ2v) is 10.5. The molecule has 4 rings (SSSR count). The minimum Gasteiger partial charge on any atom is -0.299 e. The van der Waals surface area contributed by atoms with E-state index in [9.17, 15) is 13.2 Å². The van der Waals surface area contributed by atoms with E-state index in [-0.39, 0.29) is 23.5 Å². The molecule has 2 aromatic rings. The van der Waals surface area contributed by atoms with E-state index in [2.05, 4.69) is 18.8 Å². The number of ketones is 1. The predicted octanol–water partition coefficient (Wildman–Crippen LogP) is 3.81. The number of hydrogen-bond acceptors (Lipinski definition) is 4. The summed E-state index contributed by atoms with van der Waals surface area (Å²) in [6.45, 7) is 4.37. The molecule has 2 saturated carbocycles. The quantitative estimate of drug-likeness (QED) is 0.742. The molecule has 2 aliphatic rings. The number of anilines is 1. The molecule has 5 nitrogen and oxygen atoms in total. The van der Waals surface area contributed by atoms with Gasteiger partial charge in [0.1, 0.15) is 5.78 Å². The van der Waals surface area contributed by atoms with E-state index >= 15 is 0 Å². The summed E-state index contributed by atoms with van der Waals surface area (Å²) in [5.41, 5.74) is 0.418. The molecule has 0 aliphatic heterocycles. The summed E-state index contributed by atoms with van der Waals surface area (Å²) in [4.78, 5) is 16.9. The van der Waals surface area contributed by atoms with Gasteiger partial charge in [-0.2, -0.15) is 0 Å². The zero-order valence-electron chi connectivity index (χ0n) is 16.3. The molecule has 6 heteroatoms. The van der Waals surface area contributed by atoms with Crippen molar-refractivity contribution in [2.75, 3.05) is 10.1 Å². The number of pyridine rings is 1. The van der Waals surface area contributed by atoms with Gasteiger partial charge in [0.05, 0.1) is 23.4 Å². The maximum Gasteiger partial charge on any atom is 0.236 e. The van der Waals surface area contributed by atoms with Crippen molar-refractivity contribution < 1.29 is 13.2 Å². The minimum absolute atomic E-state index is 0.117. The molecule has 28 heavy (non-hydrogen) atoms. The van der Waals surface area contributed by atoms with Gasteiger partial charge < -0.3 is 0 Å². The van der Waals surface area contributed by atoms with Crippen molar-refractivity contribution in [3.8, 4) is 0 Å². The fraction of sp³-hybridized carbons (Fsp3) is 0.455. The molecule has 0 saturated heterocycles. The average molecular weight is 399 g/mol. The third-order valence-corrected chi connectivity index (χ3v) is 8.89. The van der Waals surface area contributed by atoms with Crippen molar-refractivity contribution in [1.29, 1.82) is 0 Å². The molecule has 1 aromatic carbocycles. The number of benzene rings is 1. The maximum atomic E-state index is 13.7. The molecular weight excluding hydrogens is 372 g/mol. The number of sulfonamides is 1. The van der Waals surface area contributed by atoms with Crippen LogP contribution in [0.5, 0.6) is 0 Å². The van der Waals surface area contributed by atoms with Gasteiger partial charge in [-0.3, -0.25) is 14.1 Å². The number of aromatic nitrogens is 1. The van der Waals surface area contributed by atoms with E-state index in [0.29, 0.717) is 24.4 Å². The monoisotopic (exact) mass is 398 g/mol. The average Bonchev–Trinajstić information content (AvgIpc) is 3.01. The number of Topliss-reactive ketones (excluding diaryl/α,β-unsaturated/α-hetero) is 1. The summed E-state index contributed by atoms with van der Waals surface area (Å²) in [5.74, 6) is 0.280. The Labute approximate surface area is 166 Å². The Morgan fingerprint density at radius 1 is 1.11 bits per heavy atom. The first kappa shape index (κ1) is 19.1. The number of rotatable bonds is 6. The van der Waals surface area contributed by atoms with Crippen LogP contribution in [0, 0.1) is 16.7 Å². The topological polar surface area (TPSA) is 67.3 Å². The van der Waals surface area contributed by atoms with Gasteiger partial charge in [-0.25, -0.2) is 8.42 Å². The first-order valence-corrected chi connectivity index (χ1v) is 11.3. The van der Waals surface area contributed by atoms with Crippen LogP contribution in [0.4, 0.5) is 5.69 Å². The molecule has 2 bridgehead atoms. The van der Waals surface area contributed by atoms with Crippen LogP contribution in [0.1, 0.15) is 38.7 Å². The van der Waals surface area contributed by atoms with Gasteiger partial charge in [-0.05, 0) is 41.9 Å². The number of hydrogen-bond donors (Lipinski definition) is 0. The fourth-order valence-electron chi connectivity index (χ4n) is 5.11. The van der Waals surface area contributed by atoms with E-state index in [1.165, 1.54) is 4.31 Å². The second-order valence-electron chi connectivity index (χ2n) is 8.62. The van der Waals surface area contributed by atoms with E-state index in [4.69, 9.17) is 0 Å². The molecule has 0 spiro atoms. The van der Waals surface area contributed by atoms with Gasteiger partial charge in [0.25, 0.3) is 0 Å². The Morgan fingerprint density at radius 2 is 1.79 bits per heavy atom. The Morgan fingerprint density at radius 3 is 2.36 bits per heavy atom. The third-order valence-electron chi connectivity index (χ3n) is 7.02. The second kappa shape index (κ2) is 6.69. The molecule has 1 heterocycles. The Hall–Kier alpha value is -2.21. The predicted molar refractivity (Wildman–Crippen MR) is 109 cm³/mol. The first-order valence-electron chi connectivity index (χ1n) is 9.74. The molecule has 0 amide bonds. The van der Waals surface area contributed by atoms with Gasteiger partial charge in [0.2, 0.25) is 10.0 Å². The van der Waals surface area contributed by atoms with Crippen LogP contribution in [-0.2, 0) is 21.4 Å². The highest BCUT2D eigenvalue weighted by atomic mass is 32.2. The standard InChI is InChI=1S/C22H26N2O3S/c1-21(2)18-8-11-22(21,20(25)14-18)16-28(26,27)24(19-9-12-23-13-10-19)15-17-6-4-3-5-7-17/h3-7,9-10,12-13,18H,8,11,14-16H2,1-2H3/t18-,22-/m0/s1. The molecule has 0 unspecified atom stereocenters. The van der Waals surface area contributed by atoms with Crippen LogP contribution in [-0.4, -0.2) is 24.9 Å². The summed E-state index contributed by atoms with van der Waals surface area (Å²) in [5, 5.41) is 0. The van der Waals surface area contributed by atoms with Crippen LogP contribution >= 0.6 is 0 Å². The molecule has 0 N–H and O–H groups in total. The van der Waals surface area contributed by atoms with Crippen LogP contribution in [0.2, 0.25) is 0 Å². The number of nitrogens with zero attached hydrogens (tertiary/aromatic N) is 2. The zero-order chi connectivity index (χ0) is 20.0. The molecular formula is C22H26N2O3S. The SMILES string of the molecule is CC1(C)[C@H]2CC[C@]1(CS(=O)(=O)N(Cc1ccccc1)c1ccncc1)C(=O)C2. The van der Waals surface area contributed by atoms with Gasteiger partial charge in [0.15, 0.2) is 0 Å². The minimum atomic E-state index is -3.72. The highest BCUT2D eigenvalue weighted by Crippen LogP contribution is 2.64. The lowest BCUT2D eigenvalue weighted by molar-refractivity contribution is -0.128. The summed E-state index contributed by atoms with van der Waals surface area (Å²) in [7, 11) is -3.72. The van der Waals surface area contributed by atoms with Crippen molar-refractivity contribution in [1.82, 2.24) is 4.98 Å². The highest BCUT2D eigenvalue weighted by Gasteiger charge is 2.65. The van der Waals surface area contributed by atoms with E-state index < -0.39 is 15.4 Å². The van der Waals surface area contributed by atoms with Gasteiger partial charge in [-0.15, -0.1) is 0 Å². The van der Waals surface area contributed by atoms with Crippen molar-refractivity contribution in [3.05, 3.63) is 60.4 Å². The van der Waals surface area contributed by atoms with E-state index in [1.54, 1.807) is 24.5 Å². The van der Waals surface area contributed by atoms with Crippen LogP contribution in [0.3, 0.4) is 0 Å². The fourth-order valence-corrected chi connectivity index (χ4v) is 7.35. The molecule has 148 valence electrons. The lowest BCUT2D eigenvalue weighted by Crippen LogP contribution is -2.46. The van der Waals surface area contributed by atoms with E-state index in [0.717, 1.165) is 12.0 Å². The van der Waals surface area contributed by atoms with Crippen LogP contribution in [0.25, 0.3) is 0 Å². The Bertz CT molecular complexity index is 973. The molecule has 2 atom stereocenters. The molecule has 2 fully saturated rings. The Kier molecular flexibility index (Phi) is 4.57. The molecule has 2 aliphatic carbocycles. The normalized spacial score (nSPS) is 25.8. The lowest BCUT2D eigenvalue weighted by atomic mass is 9.70. The van der Waals surface area contributed by atoms with Gasteiger partial charge in [-0.1, -0.05) is 44.2 Å². The third kappa shape index (κ3) is 2.94. The van der Waals surface area contributed by atoms with Gasteiger partial charge in [0, 0.05) is 18.8 Å². The Balaban J connectivity index is 1.72. The summed E-state index contributed by atoms with van der Waals surface area (Å²) in [6, 6.07) is 12.9. The summed E-state index contributed by atoms with van der Waals surface area (Å²) < 4.78 is 28.8. The zero-order valence-corrected chi connectivity index (χ0v) is 17.2. The lowest BCUT2D eigenvalue weighted by Gasteiger charge is -2.38. The van der Waals surface area contributed by atoms with Gasteiger partial charge >= 0.3 is 0 Å². The number of carbonyl (C=O) groups is 1. The van der Waals surface area contributed by atoms with Crippen molar-refractivity contribution in [2.45, 2.75) is 39.7 Å². The summed E-state index contributed by atoms with van der Waals surface area (Å²) >= 11 is 0. The number of carbonyl (C=O) groups excluding carboxylic acids is 1. The van der Waals surface area contributed by atoms with Crippen molar-refractivity contribution in [3.63, 3.8) is 0 Å². The van der Waals surface area contributed by atoms with Crippen molar-refractivity contribution >= 4 is 21.5 Å². The van der Waals surface area contributed by atoms with E-state index in [1.807, 2.05) is 30.3 Å². The first-order chi connectivity index (χ1) is 13.3. The summed E-state index contributed by atoms with van der Waals surface area (Å²) in [6.07, 6.45) is 5.30. The van der Waals surface area contributed by atoms with Crippen molar-refractivity contribution in [2.24, 2.45) is 16.7 Å². The highest BCUT2D eigenvalue weighted by molar-refractivity contribution is 7.92. The largest absolute Gasteiger partial charge is 0.299 e. The smallest absolute Gasteiger partial charge is 0.236 e. The van der Waals surface area contributed by atoms with Crippen LogP contribution < -0.4 is 4.31 Å². The molecule has 1 aromatic heterocycles.